The maximum Gasteiger partial charge on any atom is 0.264 e. The number of amides is 1. The Morgan fingerprint density at radius 3 is 2.39 bits per heavy atom. The number of hydrogen-bond donors (Lipinski definition) is 1. The molecule has 0 bridgehead atoms. The second kappa shape index (κ2) is 7.41. The fourth-order valence-corrected chi connectivity index (χ4v) is 4.99. The van der Waals surface area contributed by atoms with Crippen LogP contribution in [0.1, 0.15) is 15.9 Å². The van der Waals surface area contributed by atoms with Gasteiger partial charge in [-0.1, -0.05) is 34.1 Å². The average molecular weight is 457 g/mol. The number of nitrogens with one attached hydrogen (secondary N) is 1. The van der Waals surface area contributed by atoms with E-state index in [-0.39, 0.29) is 10.8 Å². The molecule has 1 aliphatic heterocycles. The van der Waals surface area contributed by atoms with E-state index in [0.29, 0.717) is 29.9 Å². The zero-order valence-corrected chi connectivity index (χ0v) is 17.2. The lowest BCUT2D eigenvalue weighted by Gasteiger charge is -2.19. The first-order chi connectivity index (χ1) is 13.4. The fourth-order valence-electron chi connectivity index (χ4n) is 3.22. The molecule has 0 saturated heterocycles. The Balaban J connectivity index is 1.60. The third kappa shape index (κ3) is 3.55. The van der Waals surface area contributed by atoms with E-state index in [4.69, 9.17) is 0 Å². The van der Waals surface area contributed by atoms with Crippen molar-refractivity contribution in [3.05, 3.63) is 88.4 Å². The SMILES string of the molecule is O=C(Nc1ccccc1)c1ccc2c(c1)CCN2S(=O)(=O)c1ccc(Br)cc1. The number of carbonyl (C=O) groups is 1. The summed E-state index contributed by atoms with van der Waals surface area (Å²) in [5, 5.41) is 2.85. The normalized spacial score (nSPS) is 13.2. The van der Waals surface area contributed by atoms with E-state index in [9.17, 15) is 13.2 Å². The number of sulfonamides is 1. The van der Waals surface area contributed by atoms with Crippen molar-refractivity contribution in [2.24, 2.45) is 0 Å². The minimum absolute atomic E-state index is 0.219. The van der Waals surface area contributed by atoms with Crippen molar-refractivity contribution < 1.29 is 13.2 Å². The molecule has 3 aromatic rings. The molecule has 0 fully saturated rings. The Morgan fingerprint density at radius 2 is 1.68 bits per heavy atom. The summed E-state index contributed by atoms with van der Waals surface area (Å²) >= 11 is 3.32. The van der Waals surface area contributed by atoms with Gasteiger partial charge in [0.15, 0.2) is 0 Å². The van der Waals surface area contributed by atoms with Crippen molar-refractivity contribution in [3.63, 3.8) is 0 Å². The summed E-state index contributed by atoms with van der Waals surface area (Å²) in [5.74, 6) is -0.219. The summed E-state index contributed by atoms with van der Waals surface area (Å²) in [4.78, 5) is 12.7. The molecule has 1 N–H and O–H groups in total. The fraction of sp³-hybridized carbons (Fsp3) is 0.0952. The lowest BCUT2D eigenvalue weighted by Crippen LogP contribution is -2.29. The number of benzene rings is 3. The molecule has 1 heterocycles. The van der Waals surface area contributed by atoms with Crippen LogP contribution in [0.2, 0.25) is 0 Å². The molecule has 0 atom stereocenters. The predicted octanol–water partition coefficient (Wildman–Crippen LogP) is 4.45. The van der Waals surface area contributed by atoms with Crippen molar-refractivity contribution >= 4 is 43.2 Å². The van der Waals surface area contributed by atoms with E-state index in [0.717, 1.165) is 10.0 Å². The number of rotatable bonds is 4. The molecule has 0 aliphatic carbocycles. The lowest BCUT2D eigenvalue weighted by atomic mass is 10.1. The van der Waals surface area contributed by atoms with Gasteiger partial charge in [-0.3, -0.25) is 9.10 Å². The Labute approximate surface area is 172 Å². The van der Waals surface area contributed by atoms with Crippen molar-refractivity contribution in [2.75, 3.05) is 16.2 Å². The lowest BCUT2D eigenvalue weighted by molar-refractivity contribution is 0.102. The summed E-state index contributed by atoms with van der Waals surface area (Å²) in [7, 11) is -3.64. The average Bonchev–Trinajstić information content (AvgIpc) is 3.13. The van der Waals surface area contributed by atoms with Gasteiger partial charge in [0, 0.05) is 22.3 Å². The van der Waals surface area contributed by atoms with Crippen LogP contribution >= 0.6 is 15.9 Å². The molecule has 7 heteroatoms. The van der Waals surface area contributed by atoms with E-state index in [1.165, 1.54) is 4.31 Å². The smallest absolute Gasteiger partial charge is 0.264 e. The molecule has 4 rings (SSSR count). The molecule has 0 aromatic heterocycles. The summed E-state index contributed by atoms with van der Waals surface area (Å²) in [5.41, 5.74) is 2.69. The highest BCUT2D eigenvalue weighted by atomic mass is 79.9. The van der Waals surface area contributed by atoms with Crippen LogP contribution in [0, 0.1) is 0 Å². The second-order valence-corrected chi connectivity index (χ2v) is 9.22. The molecule has 142 valence electrons. The van der Waals surface area contributed by atoms with Crippen LogP contribution < -0.4 is 9.62 Å². The Kier molecular flexibility index (Phi) is 4.95. The molecular formula is C21H17BrN2O3S. The molecule has 28 heavy (non-hydrogen) atoms. The maximum absolute atomic E-state index is 13.0. The van der Waals surface area contributed by atoms with Crippen molar-refractivity contribution in [3.8, 4) is 0 Å². The van der Waals surface area contributed by atoms with Crippen LogP contribution in [0.15, 0.2) is 82.2 Å². The van der Waals surface area contributed by atoms with E-state index in [1.54, 1.807) is 42.5 Å². The molecular weight excluding hydrogens is 440 g/mol. The van der Waals surface area contributed by atoms with Crippen LogP contribution in [0.25, 0.3) is 0 Å². The molecule has 3 aromatic carbocycles. The van der Waals surface area contributed by atoms with Gasteiger partial charge in [-0.2, -0.15) is 0 Å². The summed E-state index contributed by atoms with van der Waals surface area (Å²) in [6, 6.07) is 20.9. The van der Waals surface area contributed by atoms with E-state index in [1.807, 2.05) is 30.3 Å². The van der Waals surface area contributed by atoms with Gasteiger partial charge in [0.05, 0.1) is 10.6 Å². The number of anilines is 2. The maximum atomic E-state index is 13.0. The minimum atomic E-state index is -3.64. The first-order valence-electron chi connectivity index (χ1n) is 8.73. The summed E-state index contributed by atoms with van der Waals surface area (Å²) in [6.45, 7) is 0.359. The summed E-state index contributed by atoms with van der Waals surface area (Å²) in [6.07, 6.45) is 0.567. The van der Waals surface area contributed by atoms with Crippen LogP contribution in [0.3, 0.4) is 0 Å². The summed E-state index contributed by atoms with van der Waals surface area (Å²) < 4.78 is 28.2. The Morgan fingerprint density at radius 1 is 0.964 bits per heavy atom. The van der Waals surface area contributed by atoms with E-state index < -0.39 is 10.0 Å². The van der Waals surface area contributed by atoms with Gasteiger partial charge < -0.3 is 5.32 Å². The minimum Gasteiger partial charge on any atom is -0.322 e. The topological polar surface area (TPSA) is 66.5 Å². The molecule has 0 radical (unpaired) electrons. The number of carbonyl (C=O) groups excluding carboxylic acids is 1. The third-order valence-corrected chi connectivity index (χ3v) is 6.98. The highest BCUT2D eigenvalue weighted by molar-refractivity contribution is 9.10. The number of nitrogens with zero attached hydrogens (tertiary/aromatic N) is 1. The first-order valence-corrected chi connectivity index (χ1v) is 11.0. The molecule has 5 nitrogen and oxygen atoms in total. The Bertz CT molecular complexity index is 1130. The van der Waals surface area contributed by atoms with Gasteiger partial charge in [-0.05, 0) is 66.6 Å². The van der Waals surface area contributed by atoms with Crippen molar-refractivity contribution in [2.45, 2.75) is 11.3 Å². The quantitative estimate of drug-likeness (QED) is 0.630. The van der Waals surface area contributed by atoms with Crippen LogP contribution in [-0.2, 0) is 16.4 Å². The van der Waals surface area contributed by atoms with Crippen LogP contribution in [0.5, 0.6) is 0 Å². The van der Waals surface area contributed by atoms with Gasteiger partial charge in [-0.15, -0.1) is 0 Å². The molecule has 1 amide bonds. The molecule has 0 spiro atoms. The first kappa shape index (κ1) is 18.7. The number of fused-ring (bicyclic) bond motifs is 1. The monoisotopic (exact) mass is 456 g/mol. The molecule has 0 unspecified atom stereocenters. The van der Waals surface area contributed by atoms with Crippen molar-refractivity contribution in [1.29, 1.82) is 0 Å². The van der Waals surface area contributed by atoms with Gasteiger partial charge in [0.25, 0.3) is 15.9 Å². The van der Waals surface area contributed by atoms with Gasteiger partial charge >= 0.3 is 0 Å². The highest BCUT2D eigenvalue weighted by Gasteiger charge is 2.31. The number of halogens is 1. The van der Waals surface area contributed by atoms with Gasteiger partial charge in [-0.25, -0.2) is 8.42 Å². The zero-order valence-electron chi connectivity index (χ0n) is 14.8. The van der Waals surface area contributed by atoms with E-state index >= 15 is 0 Å². The highest BCUT2D eigenvalue weighted by Crippen LogP contribution is 2.34. The third-order valence-electron chi connectivity index (χ3n) is 4.63. The largest absolute Gasteiger partial charge is 0.322 e. The number of hydrogen-bond acceptors (Lipinski definition) is 3. The van der Waals surface area contributed by atoms with Crippen molar-refractivity contribution in [1.82, 2.24) is 0 Å². The molecule has 1 aliphatic rings. The Hall–Kier alpha value is -2.64. The van der Waals surface area contributed by atoms with Gasteiger partial charge in [0.2, 0.25) is 0 Å². The van der Waals surface area contributed by atoms with Crippen LogP contribution in [-0.4, -0.2) is 20.9 Å². The second-order valence-electron chi connectivity index (χ2n) is 6.44. The zero-order chi connectivity index (χ0) is 19.7. The van der Waals surface area contributed by atoms with E-state index in [2.05, 4.69) is 21.2 Å². The van der Waals surface area contributed by atoms with Gasteiger partial charge in [0.1, 0.15) is 0 Å². The van der Waals surface area contributed by atoms with Crippen LogP contribution in [0.4, 0.5) is 11.4 Å². The standard InChI is InChI=1S/C21H17BrN2O3S/c22-17-7-9-19(10-8-17)28(26,27)24-13-12-15-14-16(6-11-20(15)24)21(25)23-18-4-2-1-3-5-18/h1-11,14H,12-13H2,(H,23,25). The predicted molar refractivity (Wildman–Crippen MR) is 113 cm³/mol. The molecule has 0 saturated carbocycles. The number of para-hydroxylation sites is 1.